The molecule has 1 aliphatic heterocycles. The lowest BCUT2D eigenvalue weighted by molar-refractivity contribution is 0.150. The summed E-state index contributed by atoms with van der Waals surface area (Å²) in [5.74, 6) is 3.78. The molecular weight excluding hydrogens is 192 g/mol. The average Bonchev–Trinajstić information content (AvgIpc) is 2.48. The topological polar surface area (TPSA) is 17.1 Å². The van der Waals surface area contributed by atoms with Crippen LogP contribution in [0, 0.1) is 17.3 Å². The van der Waals surface area contributed by atoms with Gasteiger partial charge < -0.3 is 0 Å². The second kappa shape index (κ2) is 3.96. The maximum absolute atomic E-state index is 11.4. The van der Waals surface area contributed by atoms with Crippen LogP contribution in [0.1, 0.15) is 46.0 Å². The predicted octanol–water partition coefficient (Wildman–Crippen LogP) is 2.97. The van der Waals surface area contributed by atoms with E-state index in [1.807, 2.05) is 0 Å². The Hall–Kier alpha value is 0.150. The molecule has 0 radical (unpaired) electrons. The standard InChI is InChI=1S/C12H22OS/c1-10(2)11-3-5-12(6-4-11)7-8-14(13)9-12/h10-11H,3-9H2,1-2H3. The molecule has 0 bridgehead atoms. The fourth-order valence-corrected chi connectivity index (χ4v) is 5.05. The van der Waals surface area contributed by atoms with Crippen molar-refractivity contribution in [2.24, 2.45) is 17.3 Å². The van der Waals surface area contributed by atoms with E-state index in [9.17, 15) is 4.21 Å². The first kappa shape index (κ1) is 10.7. The molecule has 14 heavy (non-hydrogen) atoms. The summed E-state index contributed by atoms with van der Waals surface area (Å²) in [5, 5.41) is 0. The van der Waals surface area contributed by atoms with Crippen LogP contribution < -0.4 is 0 Å². The van der Waals surface area contributed by atoms with Gasteiger partial charge >= 0.3 is 0 Å². The molecule has 0 aromatic heterocycles. The second-order valence-electron chi connectivity index (χ2n) is 5.62. The van der Waals surface area contributed by atoms with Gasteiger partial charge in [-0.3, -0.25) is 4.21 Å². The third-order valence-electron chi connectivity index (χ3n) is 4.36. The van der Waals surface area contributed by atoms with Gasteiger partial charge in [0, 0.05) is 22.3 Å². The third kappa shape index (κ3) is 2.05. The number of rotatable bonds is 1. The summed E-state index contributed by atoms with van der Waals surface area (Å²) in [6.45, 7) is 4.69. The molecule has 1 heterocycles. The van der Waals surface area contributed by atoms with Crippen molar-refractivity contribution in [2.75, 3.05) is 11.5 Å². The van der Waals surface area contributed by atoms with E-state index in [1.54, 1.807) is 0 Å². The van der Waals surface area contributed by atoms with E-state index >= 15 is 0 Å². The molecule has 82 valence electrons. The van der Waals surface area contributed by atoms with Gasteiger partial charge in [0.15, 0.2) is 0 Å². The zero-order valence-electron chi connectivity index (χ0n) is 9.42. The van der Waals surface area contributed by atoms with Gasteiger partial charge in [-0.05, 0) is 49.4 Å². The third-order valence-corrected chi connectivity index (χ3v) is 5.95. The van der Waals surface area contributed by atoms with Crippen molar-refractivity contribution in [3.8, 4) is 0 Å². The molecule has 1 unspecified atom stereocenters. The highest BCUT2D eigenvalue weighted by molar-refractivity contribution is 7.85. The van der Waals surface area contributed by atoms with Crippen molar-refractivity contribution in [2.45, 2.75) is 46.0 Å². The van der Waals surface area contributed by atoms with Gasteiger partial charge in [-0.2, -0.15) is 0 Å². The van der Waals surface area contributed by atoms with Gasteiger partial charge in [-0.15, -0.1) is 0 Å². The van der Waals surface area contributed by atoms with Gasteiger partial charge in [0.1, 0.15) is 0 Å². The van der Waals surface area contributed by atoms with E-state index in [0.29, 0.717) is 5.41 Å². The highest BCUT2D eigenvalue weighted by Gasteiger charge is 2.40. The Kier molecular flexibility index (Phi) is 3.01. The smallest absolute Gasteiger partial charge is 0.0291 e. The molecule has 2 rings (SSSR count). The fraction of sp³-hybridized carbons (Fsp3) is 1.00. The van der Waals surface area contributed by atoms with Crippen molar-refractivity contribution < 1.29 is 4.21 Å². The zero-order valence-corrected chi connectivity index (χ0v) is 10.2. The van der Waals surface area contributed by atoms with E-state index in [0.717, 1.165) is 23.3 Å². The largest absolute Gasteiger partial charge is 0.260 e. The van der Waals surface area contributed by atoms with Crippen LogP contribution in [-0.4, -0.2) is 15.7 Å². The fourth-order valence-electron chi connectivity index (χ4n) is 3.13. The minimum absolute atomic E-state index is 0.482. The van der Waals surface area contributed by atoms with E-state index in [4.69, 9.17) is 0 Å². The van der Waals surface area contributed by atoms with E-state index in [1.165, 1.54) is 32.1 Å². The molecule has 1 atom stereocenters. The lowest BCUT2D eigenvalue weighted by Crippen LogP contribution is -2.29. The first-order chi connectivity index (χ1) is 6.61. The van der Waals surface area contributed by atoms with Gasteiger partial charge in [0.05, 0.1) is 0 Å². The van der Waals surface area contributed by atoms with Crippen LogP contribution in [0.4, 0.5) is 0 Å². The van der Waals surface area contributed by atoms with Crippen LogP contribution in [0.25, 0.3) is 0 Å². The maximum atomic E-state index is 11.4. The molecule has 1 saturated carbocycles. The molecule has 2 aliphatic rings. The number of hydrogen-bond acceptors (Lipinski definition) is 1. The second-order valence-corrected chi connectivity index (χ2v) is 7.20. The zero-order chi connectivity index (χ0) is 10.2. The Morgan fingerprint density at radius 2 is 1.86 bits per heavy atom. The molecule has 2 fully saturated rings. The van der Waals surface area contributed by atoms with Crippen LogP contribution in [0.5, 0.6) is 0 Å². The first-order valence-corrected chi connectivity index (χ1v) is 7.45. The quantitative estimate of drug-likeness (QED) is 0.656. The first-order valence-electron chi connectivity index (χ1n) is 5.96. The molecule has 0 aromatic carbocycles. The Bertz CT molecular complexity index is 226. The monoisotopic (exact) mass is 214 g/mol. The Labute approximate surface area is 90.1 Å². The van der Waals surface area contributed by atoms with E-state index in [-0.39, 0.29) is 0 Å². The highest BCUT2D eigenvalue weighted by atomic mass is 32.2. The normalized spacial score (nSPS) is 43.6. The van der Waals surface area contributed by atoms with Crippen LogP contribution >= 0.6 is 0 Å². The maximum Gasteiger partial charge on any atom is 0.0291 e. The SMILES string of the molecule is CC(C)C1CCC2(CC1)CCS(=O)C2. The van der Waals surface area contributed by atoms with Crippen LogP contribution in [0.3, 0.4) is 0 Å². The minimum atomic E-state index is -0.482. The lowest BCUT2D eigenvalue weighted by Gasteiger charge is -2.38. The Morgan fingerprint density at radius 1 is 1.21 bits per heavy atom. The summed E-state index contributed by atoms with van der Waals surface area (Å²) in [6.07, 6.45) is 6.71. The molecule has 0 aromatic rings. The lowest BCUT2D eigenvalue weighted by atomic mass is 9.68. The summed E-state index contributed by atoms with van der Waals surface area (Å²) in [7, 11) is -0.482. The van der Waals surface area contributed by atoms with Crippen molar-refractivity contribution in [3.05, 3.63) is 0 Å². The van der Waals surface area contributed by atoms with Crippen molar-refractivity contribution >= 4 is 10.8 Å². The number of hydrogen-bond donors (Lipinski definition) is 0. The molecule has 0 amide bonds. The van der Waals surface area contributed by atoms with Gasteiger partial charge in [0.25, 0.3) is 0 Å². The van der Waals surface area contributed by atoms with E-state index < -0.39 is 10.8 Å². The highest BCUT2D eigenvalue weighted by Crippen LogP contribution is 2.46. The molecule has 1 aliphatic carbocycles. The summed E-state index contributed by atoms with van der Waals surface area (Å²) in [5.41, 5.74) is 0.510. The van der Waals surface area contributed by atoms with E-state index in [2.05, 4.69) is 13.8 Å². The Morgan fingerprint density at radius 3 is 2.29 bits per heavy atom. The van der Waals surface area contributed by atoms with Gasteiger partial charge in [-0.25, -0.2) is 0 Å². The van der Waals surface area contributed by atoms with Crippen LogP contribution in [0.2, 0.25) is 0 Å². The molecule has 1 saturated heterocycles. The average molecular weight is 214 g/mol. The molecule has 1 nitrogen and oxygen atoms in total. The molecule has 0 N–H and O–H groups in total. The van der Waals surface area contributed by atoms with Crippen LogP contribution in [0.15, 0.2) is 0 Å². The van der Waals surface area contributed by atoms with Crippen molar-refractivity contribution in [3.63, 3.8) is 0 Å². The van der Waals surface area contributed by atoms with Crippen LogP contribution in [-0.2, 0) is 10.8 Å². The summed E-state index contributed by atoms with van der Waals surface area (Å²) >= 11 is 0. The van der Waals surface area contributed by atoms with Crippen molar-refractivity contribution in [1.29, 1.82) is 0 Å². The summed E-state index contributed by atoms with van der Waals surface area (Å²) < 4.78 is 11.4. The van der Waals surface area contributed by atoms with Gasteiger partial charge in [0.2, 0.25) is 0 Å². The molecular formula is C12H22OS. The minimum Gasteiger partial charge on any atom is -0.260 e. The van der Waals surface area contributed by atoms with Gasteiger partial charge in [-0.1, -0.05) is 13.8 Å². The Balaban J connectivity index is 1.92. The predicted molar refractivity (Wildman–Crippen MR) is 61.7 cm³/mol. The van der Waals surface area contributed by atoms with Crippen molar-refractivity contribution in [1.82, 2.24) is 0 Å². The molecule has 2 heteroatoms. The summed E-state index contributed by atoms with van der Waals surface area (Å²) in [6, 6.07) is 0. The summed E-state index contributed by atoms with van der Waals surface area (Å²) in [4.78, 5) is 0. The molecule has 1 spiro atoms.